The van der Waals surface area contributed by atoms with Crippen LogP contribution in [0.4, 0.5) is 5.82 Å². The van der Waals surface area contributed by atoms with Crippen LogP contribution in [0, 0.1) is 37.0 Å². The second-order valence-corrected chi connectivity index (χ2v) is 9.88. The van der Waals surface area contributed by atoms with E-state index in [2.05, 4.69) is 17.9 Å². The van der Waals surface area contributed by atoms with Crippen LogP contribution in [0.25, 0.3) is 5.65 Å². The number of rotatable bonds is 4. The third kappa shape index (κ3) is 4.09. The van der Waals surface area contributed by atoms with Gasteiger partial charge in [0.05, 0.1) is 30.8 Å². The van der Waals surface area contributed by atoms with E-state index in [1.54, 1.807) is 7.11 Å². The fourth-order valence-electron chi connectivity index (χ4n) is 5.51. The molecule has 0 spiro atoms. The Hall–Kier alpha value is -3.60. The maximum absolute atomic E-state index is 13.6. The minimum absolute atomic E-state index is 0.0154. The number of hydrogen-bond donors (Lipinski definition) is 0. The van der Waals surface area contributed by atoms with E-state index in [9.17, 15) is 10.1 Å². The number of nitriles is 1. The molecule has 2 saturated heterocycles. The summed E-state index contributed by atoms with van der Waals surface area (Å²) in [4.78, 5) is 22.8. The fourth-order valence-corrected chi connectivity index (χ4v) is 5.51. The molecule has 5 rings (SSSR count). The first-order valence-electron chi connectivity index (χ1n) is 12.4. The average Bonchev–Trinajstić information content (AvgIpc) is 3.45. The summed E-state index contributed by atoms with van der Waals surface area (Å²) in [5.74, 6) is 1.99. The third-order valence-electron chi connectivity index (χ3n) is 7.54. The molecule has 0 aliphatic carbocycles. The number of likely N-dealkylation sites (tertiary alicyclic amines) is 1. The Morgan fingerprint density at radius 1 is 1.23 bits per heavy atom. The summed E-state index contributed by atoms with van der Waals surface area (Å²) < 4.78 is 7.27. The Morgan fingerprint density at radius 3 is 2.80 bits per heavy atom. The lowest BCUT2D eigenvalue weighted by Crippen LogP contribution is -2.39. The first-order chi connectivity index (χ1) is 16.9. The second-order valence-electron chi connectivity index (χ2n) is 9.88. The lowest BCUT2D eigenvalue weighted by atomic mass is 9.97. The molecule has 0 radical (unpaired) electrons. The molecule has 0 saturated carbocycles. The fraction of sp³-hybridized carbons (Fsp3) is 0.481. The number of carbonyl (C=O) groups excluding carboxylic acids is 1. The van der Waals surface area contributed by atoms with E-state index in [4.69, 9.17) is 14.8 Å². The van der Waals surface area contributed by atoms with Gasteiger partial charge in [-0.05, 0) is 51.2 Å². The molecule has 35 heavy (non-hydrogen) atoms. The van der Waals surface area contributed by atoms with Crippen LogP contribution >= 0.6 is 0 Å². The van der Waals surface area contributed by atoms with Gasteiger partial charge in [0.15, 0.2) is 5.65 Å². The number of methoxy groups -OCH3 is 1. The van der Waals surface area contributed by atoms with Gasteiger partial charge in [0.2, 0.25) is 0 Å². The number of ether oxygens (including phenoxy) is 1. The van der Waals surface area contributed by atoms with Crippen LogP contribution in [0.1, 0.15) is 59.4 Å². The quantitative estimate of drug-likeness (QED) is 0.562. The molecule has 4 heterocycles. The number of nitrogens with zero attached hydrogens (tertiary/aromatic N) is 6. The molecule has 2 aliphatic heterocycles. The van der Waals surface area contributed by atoms with Gasteiger partial charge in [0, 0.05) is 48.6 Å². The van der Waals surface area contributed by atoms with Crippen molar-refractivity contribution < 1.29 is 9.53 Å². The third-order valence-corrected chi connectivity index (χ3v) is 7.54. The normalized spacial score (nSPS) is 22.4. The van der Waals surface area contributed by atoms with Gasteiger partial charge in [-0.3, -0.25) is 4.79 Å². The highest BCUT2D eigenvalue weighted by molar-refractivity contribution is 5.96. The molecule has 2 fully saturated rings. The largest absolute Gasteiger partial charge is 0.496 e. The van der Waals surface area contributed by atoms with Crippen molar-refractivity contribution >= 4 is 17.4 Å². The molecule has 8 nitrogen and oxygen atoms in total. The molecular weight excluding hydrogens is 440 g/mol. The van der Waals surface area contributed by atoms with E-state index in [1.165, 1.54) is 0 Å². The molecule has 3 aromatic rings. The van der Waals surface area contributed by atoms with Crippen molar-refractivity contribution in [2.45, 2.75) is 46.1 Å². The van der Waals surface area contributed by atoms with Crippen molar-refractivity contribution in [2.24, 2.45) is 11.8 Å². The molecular formula is C27H32N6O2. The SMILES string of the molecule is COc1cccc(C(=O)N2CCCC[C@H]2c2cc3nc(N4C[C@@H](C#N)[C@@H](C)C4)c(C)cn3n2)c1C. The summed E-state index contributed by atoms with van der Waals surface area (Å²) >= 11 is 0. The molecule has 182 valence electrons. The van der Waals surface area contributed by atoms with Crippen LogP contribution in [-0.2, 0) is 0 Å². The standard InChI is InChI=1S/C27H32N6O2/c1-17-14-31(16-20(17)13-28)26-18(2)15-33-25(29-26)12-22(30-33)23-9-5-6-11-32(23)27(34)21-8-7-10-24(35-4)19(21)3/h7-8,10,12,15,17,20,23H,5-6,9,11,14,16H2,1-4H3/t17-,20+,23-/m0/s1. The number of aryl methyl sites for hydroxylation is 1. The number of anilines is 1. The number of aromatic nitrogens is 3. The molecule has 1 aromatic carbocycles. The van der Waals surface area contributed by atoms with Crippen molar-refractivity contribution in [3.8, 4) is 11.8 Å². The average molecular weight is 473 g/mol. The van der Waals surface area contributed by atoms with Crippen molar-refractivity contribution in [2.75, 3.05) is 31.6 Å². The lowest BCUT2D eigenvalue weighted by Gasteiger charge is -2.35. The lowest BCUT2D eigenvalue weighted by molar-refractivity contribution is 0.0604. The van der Waals surface area contributed by atoms with Gasteiger partial charge in [-0.1, -0.05) is 13.0 Å². The monoisotopic (exact) mass is 472 g/mol. The Labute approximate surface area is 206 Å². The summed E-state index contributed by atoms with van der Waals surface area (Å²) in [6.45, 7) is 8.32. The van der Waals surface area contributed by atoms with E-state index in [-0.39, 0.29) is 17.9 Å². The van der Waals surface area contributed by atoms with Crippen LogP contribution in [-0.4, -0.2) is 52.1 Å². The van der Waals surface area contributed by atoms with Crippen molar-refractivity contribution in [3.05, 3.63) is 52.8 Å². The number of fused-ring (bicyclic) bond motifs is 1. The smallest absolute Gasteiger partial charge is 0.254 e. The first-order valence-corrected chi connectivity index (χ1v) is 12.4. The Balaban J connectivity index is 1.47. The first kappa shape index (κ1) is 23.2. The Bertz CT molecular complexity index is 1310. The molecule has 1 amide bonds. The summed E-state index contributed by atoms with van der Waals surface area (Å²) in [6.07, 6.45) is 4.91. The topological polar surface area (TPSA) is 86.8 Å². The van der Waals surface area contributed by atoms with Crippen molar-refractivity contribution in [3.63, 3.8) is 0 Å². The van der Waals surface area contributed by atoms with Gasteiger partial charge < -0.3 is 14.5 Å². The van der Waals surface area contributed by atoms with E-state index in [1.807, 2.05) is 53.7 Å². The predicted octanol–water partition coefficient (Wildman–Crippen LogP) is 4.32. The van der Waals surface area contributed by atoms with E-state index < -0.39 is 0 Å². The predicted molar refractivity (Wildman–Crippen MR) is 134 cm³/mol. The van der Waals surface area contributed by atoms with Gasteiger partial charge in [-0.25, -0.2) is 9.50 Å². The number of benzene rings is 1. The zero-order valence-electron chi connectivity index (χ0n) is 20.9. The molecule has 0 N–H and O–H groups in total. The molecule has 0 bridgehead atoms. The zero-order chi connectivity index (χ0) is 24.7. The molecule has 2 aromatic heterocycles. The van der Waals surface area contributed by atoms with Crippen LogP contribution < -0.4 is 9.64 Å². The summed E-state index contributed by atoms with van der Waals surface area (Å²) in [7, 11) is 1.63. The van der Waals surface area contributed by atoms with E-state index in [0.29, 0.717) is 24.6 Å². The maximum Gasteiger partial charge on any atom is 0.254 e. The highest BCUT2D eigenvalue weighted by atomic mass is 16.5. The highest BCUT2D eigenvalue weighted by Gasteiger charge is 2.33. The van der Waals surface area contributed by atoms with Crippen LogP contribution in [0.2, 0.25) is 0 Å². The summed E-state index contributed by atoms with van der Waals surface area (Å²) in [6, 6.07) is 9.97. The Kier molecular flexibility index (Phi) is 6.10. The highest BCUT2D eigenvalue weighted by Crippen LogP contribution is 2.34. The van der Waals surface area contributed by atoms with Crippen molar-refractivity contribution in [1.82, 2.24) is 19.5 Å². The van der Waals surface area contributed by atoms with Gasteiger partial charge in [0.25, 0.3) is 5.91 Å². The van der Waals surface area contributed by atoms with Gasteiger partial charge in [-0.15, -0.1) is 0 Å². The maximum atomic E-state index is 13.6. The van der Waals surface area contributed by atoms with E-state index in [0.717, 1.165) is 59.8 Å². The molecule has 8 heteroatoms. The number of carbonyl (C=O) groups is 1. The summed E-state index contributed by atoms with van der Waals surface area (Å²) in [5.41, 5.74) is 4.20. The van der Waals surface area contributed by atoms with Gasteiger partial charge in [0.1, 0.15) is 11.6 Å². The molecule has 2 aliphatic rings. The minimum atomic E-state index is -0.0953. The minimum Gasteiger partial charge on any atom is -0.496 e. The van der Waals surface area contributed by atoms with Crippen LogP contribution in [0.15, 0.2) is 30.5 Å². The Morgan fingerprint density at radius 2 is 2.06 bits per heavy atom. The number of hydrogen-bond acceptors (Lipinski definition) is 6. The number of amides is 1. The van der Waals surface area contributed by atoms with Crippen LogP contribution in [0.5, 0.6) is 5.75 Å². The van der Waals surface area contributed by atoms with E-state index >= 15 is 0 Å². The van der Waals surface area contributed by atoms with Crippen molar-refractivity contribution in [1.29, 1.82) is 5.26 Å². The number of piperidine rings is 1. The van der Waals surface area contributed by atoms with Gasteiger partial charge in [-0.2, -0.15) is 10.4 Å². The second kappa shape index (κ2) is 9.21. The zero-order valence-corrected chi connectivity index (χ0v) is 20.9. The van der Waals surface area contributed by atoms with Gasteiger partial charge >= 0.3 is 0 Å². The summed E-state index contributed by atoms with van der Waals surface area (Å²) in [5, 5.41) is 14.3. The van der Waals surface area contributed by atoms with Crippen LogP contribution in [0.3, 0.4) is 0 Å². The molecule has 0 unspecified atom stereocenters. The molecule has 3 atom stereocenters.